The lowest BCUT2D eigenvalue weighted by atomic mass is 10.2. The van der Waals surface area contributed by atoms with Crippen molar-refractivity contribution >= 4 is 35.8 Å². The van der Waals surface area contributed by atoms with Gasteiger partial charge in [-0.3, -0.25) is 4.79 Å². The van der Waals surface area contributed by atoms with Gasteiger partial charge in [0.2, 0.25) is 5.91 Å². The third-order valence-electron chi connectivity index (χ3n) is 3.68. The lowest BCUT2D eigenvalue weighted by Crippen LogP contribution is -2.39. The first-order valence-corrected chi connectivity index (χ1v) is 9.28. The van der Waals surface area contributed by atoms with Crippen LogP contribution in [-0.2, 0) is 11.3 Å². The van der Waals surface area contributed by atoms with Gasteiger partial charge >= 0.3 is 0 Å². The molecule has 0 aromatic heterocycles. The fourth-order valence-electron chi connectivity index (χ4n) is 2.33. The minimum atomic E-state index is -0.108. The first-order chi connectivity index (χ1) is 13.3. The van der Waals surface area contributed by atoms with Gasteiger partial charge in [-0.05, 0) is 31.0 Å². The molecule has 3 N–H and O–H groups in total. The quantitative estimate of drug-likeness (QED) is 0.205. The molecule has 0 fully saturated rings. The summed E-state index contributed by atoms with van der Waals surface area (Å²) in [5.41, 5.74) is 1.07. The smallest absolute Gasteiger partial charge is 0.242 e. The lowest BCUT2D eigenvalue weighted by Gasteiger charge is -2.12. The maximum Gasteiger partial charge on any atom is 0.242 e. The van der Waals surface area contributed by atoms with Gasteiger partial charge in [0.1, 0.15) is 12.3 Å². The number of ether oxygens (including phenoxy) is 1. The van der Waals surface area contributed by atoms with Crippen molar-refractivity contribution in [2.45, 2.75) is 19.9 Å². The second kappa shape index (κ2) is 14.7. The third-order valence-corrected chi connectivity index (χ3v) is 3.68. The van der Waals surface area contributed by atoms with Gasteiger partial charge in [-0.15, -0.1) is 24.0 Å². The largest absolute Gasteiger partial charge is 0.494 e. The van der Waals surface area contributed by atoms with Crippen LogP contribution in [0.5, 0.6) is 5.75 Å². The fraction of sp³-hybridized carbons (Fsp3) is 0.333. The number of hydrogen-bond donors (Lipinski definition) is 3. The molecule has 0 aliphatic rings. The summed E-state index contributed by atoms with van der Waals surface area (Å²) in [6, 6.07) is 19.6. The number of carbonyl (C=O) groups is 1. The molecule has 1 amide bonds. The highest BCUT2D eigenvalue weighted by Crippen LogP contribution is 2.07. The second-order valence-corrected chi connectivity index (χ2v) is 5.90. The van der Waals surface area contributed by atoms with E-state index in [1.807, 2.05) is 67.6 Å². The molecule has 2 rings (SSSR count). The van der Waals surface area contributed by atoms with Gasteiger partial charge in [-0.1, -0.05) is 48.5 Å². The van der Waals surface area contributed by atoms with Gasteiger partial charge in [0.15, 0.2) is 5.96 Å². The molecular weight excluding hydrogens is 467 g/mol. The minimum absolute atomic E-state index is 0. The van der Waals surface area contributed by atoms with Crippen molar-refractivity contribution in [3.05, 3.63) is 66.2 Å². The van der Waals surface area contributed by atoms with Crippen LogP contribution in [0.2, 0.25) is 0 Å². The van der Waals surface area contributed by atoms with Crippen LogP contribution >= 0.6 is 24.0 Å². The topological polar surface area (TPSA) is 74.8 Å². The van der Waals surface area contributed by atoms with Crippen LogP contribution in [0.15, 0.2) is 65.7 Å². The summed E-state index contributed by atoms with van der Waals surface area (Å²) in [4.78, 5) is 16.3. The van der Waals surface area contributed by atoms with Crippen LogP contribution < -0.4 is 20.7 Å². The summed E-state index contributed by atoms with van der Waals surface area (Å²) < 4.78 is 5.66. The molecule has 0 atom stereocenters. The minimum Gasteiger partial charge on any atom is -0.494 e. The van der Waals surface area contributed by atoms with E-state index in [0.29, 0.717) is 25.7 Å². The second-order valence-electron chi connectivity index (χ2n) is 5.90. The number of carbonyl (C=O) groups excluding carboxylic acids is 1. The highest BCUT2D eigenvalue weighted by atomic mass is 127. The molecule has 0 spiro atoms. The summed E-state index contributed by atoms with van der Waals surface area (Å²) in [5, 5.41) is 9.22. The summed E-state index contributed by atoms with van der Waals surface area (Å²) in [7, 11) is 0. The zero-order valence-electron chi connectivity index (χ0n) is 16.2. The van der Waals surface area contributed by atoms with E-state index in [-0.39, 0.29) is 36.4 Å². The molecule has 0 saturated carbocycles. The van der Waals surface area contributed by atoms with Crippen molar-refractivity contribution < 1.29 is 9.53 Å². The highest BCUT2D eigenvalue weighted by Gasteiger charge is 2.02. The number of guanidine groups is 1. The van der Waals surface area contributed by atoms with Crippen molar-refractivity contribution in [1.29, 1.82) is 0 Å². The standard InChI is InChI=1S/C21H28N4O2.HI/c1-2-22-21(23-14-9-15-27-19-12-7-4-8-13-19)25-17-20(26)24-16-18-10-5-3-6-11-18;/h3-8,10-13H,2,9,14-17H2,1H3,(H,24,26)(H2,22,23,25);1H. The van der Waals surface area contributed by atoms with Crippen molar-refractivity contribution in [3.63, 3.8) is 0 Å². The average Bonchev–Trinajstić information content (AvgIpc) is 2.71. The monoisotopic (exact) mass is 496 g/mol. The summed E-state index contributed by atoms with van der Waals surface area (Å²) >= 11 is 0. The number of nitrogens with zero attached hydrogens (tertiary/aromatic N) is 1. The Hall–Kier alpha value is -2.29. The molecule has 0 radical (unpaired) electrons. The number of benzene rings is 2. The average molecular weight is 496 g/mol. The highest BCUT2D eigenvalue weighted by molar-refractivity contribution is 14.0. The Kier molecular flexibility index (Phi) is 12.5. The molecule has 0 aliphatic carbocycles. The van der Waals surface area contributed by atoms with E-state index < -0.39 is 0 Å². The van der Waals surface area contributed by atoms with Crippen LogP contribution in [0.4, 0.5) is 0 Å². The Morgan fingerprint density at radius 1 is 0.964 bits per heavy atom. The summed E-state index contributed by atoms with van der Waals surface area (Å²) in [6.45, 7) is 4.65. The molecule has 2 aromatic rings. The third kappa shape index (κ3) is 10.1. The Morgan fingerprint density at radius 2 is 1.64 bits per heavy atom. The van der Waals surface area contributed by atoms with Gasteiger partial charge in [0.25, 0.3) is 0 Å². The first kappa shape index (κ1) is 23.7. The molecular formula is C21H29IN4O2. The lowest BCUT2D eigenvalue weighted by molar-refractivity contribution is -0.119. The Morgan fingerprint density at radius 3 is 2.32 bits per heavy atom. The number of hydrogen-bond acceptors (Lipinski definition) is 3. The first-order valence-electron chi connectivity index (χ1n) is 9.28. The number of halogens is 1. The van der Waals surface area contributed by atoms with Gasteiger partial charge in [-0.25, -0.2) is 4.99 Å². The van der Waals surface area contributed by atoms with Crippen LogP contribution in [0, 0.1) is 0 Å². The van der Waals surface area contributed by atoms with Gasteiger partial charge in [0, 0.05) is 19.6 Å². The van der Waals surface area contributed by atoms with Crippen LogP contribution in [0.1, 0.15) is 18.9 Å². The van der Waals surface area contributed by atoms with Crippen molar-refractivity contribution in [1.82, 2.24) is 16.0 Å². The Bertz CT molecular complexity index is 696. The van der Waals surface area contributed by atoms with E-state index in [2.05, 4.69) is 20.9 Å². The zero-order chi connectivity index (χ0) is 19.2. The fourth-order valence-corrected chi connectivity index (χ4v) is 2.33. The van der Waals surface area contributed by atoms with Gasteiger partial charge in [-0.2, -0.15) is 0 Å². The molecule has 7 heteroatoms. The number of rotatable bonds is 10. The molecule has 0 saturated heterocycles. The van der Waals surface area contributed by atoms with Crippen molar-refractivity contribution in [2.75, 3.05) is 26.2 Å². The maximum absolute atomic E-state index is 12.0. The van der Waals surface area contributed by atoms with Gasteiger partial charge < -0.3 is 20.7 Å². The predicted octanol–water partition coefficient (Wildman–Crippen LogP) is 2.95. The molecule has 6 nitrogen and oxygen atoms in total. The molecule has 0 heterocycles. The zero-order valence-corrected chi connectivity index (χ0v) is 18.5. The molecule has 0 unspecified atom stereocenters. The van der Waals surface area contributed by atoms with Crippen LogP contribution in [0.25, 0.3) is 0 Å². The Labute approximate surface area is 184 Å². The number of nitrogens with one attached hydrogen (secondary N) is 3. The predicted molar refractivity (Wildman–Crippen MR) is 124 cm³/mol. The molecule has 0 aliphatic heterocycles. The van der Waals surface area contributed by atoms with Crippen LogP contribution in [-0.4, -0.2) is 38.1 Å². The molecule has 28 heavy (non-hydrogen) atoms. The normalized spacial score (nSPS) is 10.5. The Balaban J connectivity index is 0.00000392. The summed E-state index contributed by atoms with van der Waals surface area (Å²) in [5.74, 6) is 1.39. The van der Waals surface area contributed by atoms with E-state index in [1.165, 1.54) is 0 Å². The summed E-state index contributed by atoms with van der Waals surface area (Å²) in [6.07, 6.45) is 0.833. The van der Waals surface area contributed by atoms with Crippen LogP contribution in [0.3, 0.4) is 0 Å². The van der Waals surface area contributed by atoms with Crippen molar-refractivity contribution in [3.8, 4) is 5.75 Å². The SMILES string of the molecule is CCNC(=NCC(=O)NCc1ccccc1)NCCCOc1ccccc1.I. The van der Waals surface area contributed by atoms with E-state index in [0.717, 1.165) is 24.3 Å². The van der Waals surface area contributed by atoms with E-state index >= 15 is 0 Å². The molecule has 0 bridgehead atoms. The van der Waals surface area contributed by atoms with E-state index in [1.54, 1.807) is 0 Å². The van der Waals surface area contributed by atoms with E-state index in [9.17, 15) is 4.79 Å². The molecule has 152 valence electrons. The molecule has 2 aromatic carbocycles. The van der Waals surface area contributed by atoms with Gasteiger partial charge in [0.05, 0.1) is 6.61 Å². The number of aliphatic imine (C=N–C) groups is 1. The number of amides is 1. The maximum atomic E-state index is 12.0. The van der Waals surface area contributed by atoms with Crippen molar-refractivity contribution in [2.24, 2.45) is 4.99 Å². The number of para-hydroxylation sites is 1. The van der Waals surface area contributed by atoms with E-state index in [4.69, 9.17) is 4.74 Å².